The van der Waals surface area contributed by atoms with E-state index in [1.165, 1.54) is 12.7 Å². The van der Waals surface area contributed by atoms with E-state index in [9.17, 15) is 19.2 Å². The molecule has 0 atom stereocenters. The van der Waals surface area contributed by atoms with Crippen molar-refractivity contribution in [2.45, 2.75) is 19.5 Å². The van der Waals surface area contributed by atoms with Gasteiger partial charge in [-0.05, 0) is 41.5 Å². The molecule has 3 heterocycles. The highest BCUT2D eigenvalue weighted by Crippen LogP contribution is 2.34. The minimum atomic E-state index is -0.490. The normalized spacial score (nSPS) is 16.8. The first-order valence-corrected chi connectivity index (χ1v) is 12.0. The molecule has 3 amide bonds. The van der Waals surface area contributed by atoms with Crippen LogP contribution in [-0.2, 0) is 38.6 Å². The van der Waals surface area contributed by atoms with Crippen molar-refractivity contribution in [3.63, 3.8) is 0 Å². The Hall–Kier alpha value is -3.85. The zero-order valence-corrected chi connectivity index (χ0v) is 19.9. The van der Waals surface area contributed by atoms with Crippen LogP contribution in [0.25, 0.3) is 17.0 Å². The van der Waals surface area contributed by atoms with Crippen LogP contribution in [0.5, 0.6) is 0 Å². The molecule has 5 rings (SSSR count). The van der Waals surface area contributed by atoms with E-state index in [-0.39, 0.29) is 23.9 Å². The Morgan fingerprint density at radius 1 is 1.03 bits per heavy atom. The van der Waals surface area contributed by atoms with Crippen LogP contribution in [0, 0.1) is 0 Å². The molecular formula is C26H23N3O5S. The van der Waals surface area contributed by atoms with E-state index in [2.05, 4.69) is 6.07 Å². The van der Waals surface area contributed by atoms with Crippen LogP contribution in [0.1, 0.15) is 16.7 Å². The first-order chi connectivity index (χ1) is 16.9. The van der Waals surface area contributed by atoms with Crippen LogP contribution in [0.2, 0.25) is 0 Å². The SMILES string of the molecule is COC(=O)Cn1cc(/C=C2\SC(=O)N(CC(=O)N3CCc4ccccc4C3)C2=O)c2ccccc21. The van der Waals surface area contributed by atoms with Gasteiger partial charge in [0.25, 0.3) is 11.1 Å². The lowest BCUT2D eigenvalue weighted by Crippen LogP contribution is -2.44. The number of imide groups is 1. The van der Waals surface area contributed by atoms with Crippen LogP contribution in [-0.4, -0.2) is 57.6 Å². The number of carbonyl (C=O) groups excluding carboxylic acids is 4. The van der Waals surface area contributed by atoms with Gasteiger partial charge in [-0.25, -0.2) is 0 Å². The molecule has 9 heteroatoms. The predicted octanol–water partition coefficient (Wildman–Crippen LogP) is 3.44. The number of rotatable bonds is 5. The third kappa shape index (κ3) is 4.46. The highest BCUT2D eigenvalue weighted by atomic mass is 32.2. The maximum Gasteiger partial charge on any atom is 0.325 e. The number of hydrogen-bond donors (Lipinski definition) is 0. The standard InChI is InChI=1S/C26H23N3O5S/c1-34-24(31)16-28-14-19(20-8-4-5-9-21(20)28)12-22-25(32)29(26(33)35-22)15-23(30)27-11-10-17-6-2-3-7-18(17)13-27/h2-9,12,14H,10-11,13,15-16H2,1H3/b22-12-. The number of hydrogen-bond acceptors (Lipinski definition) is 6. The van der Waals surface area contributed by atoms with Crippen molar-refractivity contribution < 1.29 is 23.9 Å². The number of methoxy groups -OCH3 is 1. The van der Waals surface area contributed by atoms with Gasteiger partial charge >= 0.3 is 5.97 Å². The van der Waals surface area contributed by atoms with Gasteiger partial charge in [-0.2, -0.15) is 0 Å². The van der Waals surface area contributed by atoms with Crippen molar-refractivity contribution in [1.29, 1.82) is 0 Å². The highest BCUT2D eigenvalue weighted by Gasteiger charge is 2.37. The van der Waals surface area contributed by atoms with Crippen molar-refractivity contribution in [2.75, 3.05) is 20.2 Å². The van der Waals surface area contributed by atoms with Crippen molar-refractivity contribution >= 4 is 51.8 Å². The summed E-state index contributed by atoms with van der Waals surface area (Å²) >= 11 is 0.817. The summed E-state index contributed by atoms with van der Waals surface area (Å²) in [7, 11) is 1.33. The summed E-state index contributed by atoms with van der Waals surface area (Å²) in [5.41, 5.74) is 3.82. The number of esters is 1. The first kappa shape index (κ1) is 22.9. The molecule has 8 nitrogen and oxygen atoms in total. The lowest BCUT2D eigenvalue weighted by Gasteiger charge is -2.29. The molecule has 1 fully saturated rings. The highest BCUT2D eigenvalue weighted by molar-refractivity contribution is 8.18. The quantitative estimate of drug-likeness (QED) is 0.403. The lowest BCUT2D eigenvalue weighted by molar-refractivity contribution is -0.141. The average Bonchev–Trinajstić information content (AvgIpc) is 3.35. The van der Waals surface area contributed by atoms with Gasteiger partial charge in [0.2, 0.25) is 5.91 Å². The molecule has 2 aliphatic heterocycles. The average molecular weight is 490 g/mol. The molecule has 0 spiro atoms. The molecule has 3 aromatic rings. The van der Waals surface area contributed by atoms with Gasteiger partial charge < -0.3 is 14.2 Å². The summed E-state index contributed by atoms with van der Waals surface area (Å²) in [5.74, 6) is -1.13. The first-order valence-electron chi connectivity index (χ1n) is 11.2. The van der Waals surface area contributed by atoms with E-state index >= 15 is 0 Å². The Labute approximate surface area is 206 Å². The molecule has 2 aromatic carbocycles. The molecule has 0 unspecified atom stereocenters. The van der Waals surface area contributed by atoms with Gasteiger partial charge in [0.05, 0.1) is 12.0 Å². The summed E-state index contributed by atoms with van der Waals surface area (Å²) in [4.78, 5) is 53.4. The molecule has 2 aliphatic rings. The van der Waals surface area contributed by atoms with Crippen LogP contribution in [0.15, 0.2) is 59.6 Å². The number of para-hydroxylation sites is 1. The van der Waals surface area contributed by atoms with Crippen LogP contribution >= 0.6 is 11.8 Å². The number of carbonyl (C=O) groups is 4. The van der Waals surface area contributed by atoms with Crippen LogP contribution in [0.3, 0.4) is 0 Å². The van der Waals surface area contributed by atoms with Crippen molar-refractivity contribution in [3.05, 3.63) is 76.3 Å². The minimum absolute atomic E-state index is 0.0276. The van der Waals surface area contributed by atoms with E-state index < -0.39 is 17.1 Å². The van der Waals surface area contributed by atoms with Gasteiger partial charge in [0.15, 0.2) is 0 Å². The smallest absolute Gasteiger partial charge is 0.325 e. The van der Waals surface area contributed by atoms with Gasteiger partial charge in [0.1, 0.15) is 13.1 Å². The molecule has 0 N–H and O–H groups in total. The van der Waals surface area contributed by atoms with E-state index in [0.29, 0.717) is 18.7 Å². The van der Waals surface area contributed by atoms with Gasteiger partial charge in [-0.1, -0.05) is 42.5 Å². The second-order valence-electron chi connectivity index (χ2n) is 8.41. The number of thioether (sulfide) groups is 1. The maximum atomic E-state index is 13.1. The van der Waals surface area contributed by atoms with Crippen molar-refractivity contribution in [1.82, 2.24) is 14.4 Å². The maximum absolute atomic E-state index is 13.1. The molecule has 0 radical (unpaired) electrons. The molecule has 0 aliphatic carbocycles. The molecule has 1 aromatic heterocycles. The molecule has 1 saturated heterocycles. The van der Waals surface area contributed by atoms with Crippen molar-refractivity contribution in [2.24, 2.45) is 0 Å². The predicted molar refractivity (Wildman–Crippen MR) is 132 cm³/mol. The zero-order valence-electron chi connectivity index (χ0n) is 19.1. The van der Waals surface area contributed by atoms with Crippen LogP contribution < -0.4 is 0 Å². The third-order valence-corrected chi connectivity index (χ3v) is 7.19. The fraction of sp³-hybridized carbons (Fsp3) is 0.231. The van der Waals surface area contributed by atoms with E-state index in [4.69, 9.17) is 4.74 Å². The Morgan fingerprint density at radius 3 is 2.57 bits per heavy atom. The number of fused-ring (bicyclic) bond motifs is 2. The Kier molecular flexibility index (Phi) is 6.17. The Bertz CT molecular complexity index is 1390. The fourth-order valence-corrected chi connectivity index (χ4v) is 5.28. The largest absolute Gasteiger partial charge is 0.468 e. The van der Waals surface area contributed by atoms with Gasteiger partial charge in [-0.3, -0.25) is 24.1 Å². The van der Waals surface area contributed by atoms with E-state index in [1.54, 1.807) is 21.7 Å². The molecule has 35 heavy (non-hydrogen) atoms. The zero-order chi connectivity index (χ0) is 24.5. The molecule has 0 saturated carbocycles. The summed E-state index contributed by atoms with van der Waals surface area (Å²) in [6.07, 6.45) is 4.15. The summed E-state index contributed by atoms with van der Waals surface area (Å²) in [6.45, 7) is 0.774. The summed E-state index contributed by atoms with van der Waals surface area (Å²) < 4.78 is 6.52. The summed E-state index contributed by atoms with van der Waals surface area (Å²) in [5, 5.41) is 0.372. The van der Waals surface area contributed by atoms with Crippen LogP contribution in [0.4, 0.5) is 4.79 Å². The van der Waals surface area contributed by atoms with E-state index in [0.717, 1.165) is 39.5 Å². The topological polar surface area (TPSA) is 88.9 Å². The number of ether oxygens (including phenoxy) is 1. The molecular weight excluding hydrogens is 466 g/mol. The molecule has 0 bridgehead atoms. The number of amides is 3. The lowest BCUT2D eigenvalue weighted by atomic mass is 10.00. The Morgan fingerprint density at radius 2 is 1.77 bits per heavy atom. The third-order valence-electron chi connectivity index (χ3n) is 6.28. The van der Waals surface area contributed by atoms with Gasteiger partial charge in [-0.15, -0.1) is 0 Å². The summed E-state index contributed by atoms with van der Waals surface area (Å²) in [6, 6.07) is 15.5. The number of aromatic nitrogens is 1. The molecule has 178 valence electrons. The Balaban J connectivity index is 1.35. The number of benzene rings is 2. The monoisotopic (exact) mass is 489 g/mol. The second-order valence-corrected chi connectivity index (χ2v) is 9.40. The second kappa shape index (κ2) is 9.42. The number of nitrogens with zero attached hydrogens (tertiary/aromatic N) is 3. The fourth-order valence-electron chi connectivity index (χ4n) is 4.45. The van der Waals surface area contributed by atoms with E-state index in [1.807, 2.05) is 42.5 Å². The minimum Gasteiger partial charge on any atom is -0.468 e. The van der Waals surface area contributed by atoms with Crippen molar-refractivity contribution in [3.8, 4) is 0 Å². The van der Waals surface area contributed by atoms with Gasteiger partial charge in [0, 0.05) is 35.8 Å².